The van der Waals surface area contributed by atoms with Crippen LogP contribution in [0.5, 0.6) is 11.5 Å². The van der Waals surface area contributed by atoms with Crippen molar-refractivity contribution >= 4 is 21.4 Å². The van der Waals surface area contributed by atoms with E-state index in [-0.39, 0.29) is 11.7 Å². The van der Waals surface area contributed by atoms with Crippen molar-refractivity contribution in [1.82, 2.24) is 0 Å². The number of hydrogen-bond donors (Lipinski definition) is 1. The highest BCUT2D eigenvalue weighted by atomic mass is 32.2. The second-order valence-electron chi connectivity index (χ2n) is 5.94. The molecule has 0 bridgehead atoms. The van der Waals surface area contributed by atoms with Gasteiger partial charge < -0.3 is 14.8 Å². The molecule has 7 heteroatoms. The highest BCUT2D eigenvalue weighted by molar-refractivity contribution is 7.89. The topological polar surface area (TPSA) is 81.7 Å². The van der Waals surface area contributed by atoms with E-state index < -0.39 is 9.84 Å². The van der Waals surface area contributed by atoms with Crippen molar-refractivity contribution in [2.75, 3.05) is 24.8 Å². The molecular formula is C18H19NO5S. The Hall–Kier alpha value is -2.54. The standard InChI is InChI=1S/C18H19NO5S/c1-25(21,22)12-13-4-2-5-14(10-13)18(20)19-15-6-7-16-17(11-15)24-9-3-8-23-16/h2,4-7,10-11H,3,8-9,12H2,1H3,(H,19,20). The van der Waals surface area contributed by atoms with Crippen LogP contribution in [-0.2, 0) is 15.6 Å². The van der Waals surface area contributed by atoms with Crippen LogP contribution in [0.2, 0.25) is 0 Å². The summed E-state index contributed by atoms with van der Waals surface area (Å²) in [5.41, 5.74) is 1.56. The Morgan fingerprint density at radius 3 is 2.60 bits per heavy atom. The van der Waals surface area contributed by atoms with Crippen molar-refractivity contribution in [3.63, 3.8) is 0 Å². The molecule has 1 heterocycles. The van der Waals surface area contributed by atoms with Crippen molar-refractivity contribution in [1.29, 1.82) is 0 Å². The average molecular weight is 361 g/mol. The van der Waals surface area contributed by atoms with Gasteiger partial charge in [0.15, 0.2) is 21.3 Å². The van der Waals surface area contributed by atoms with Crippen LogP contribution >= 0.6 is 0 Å². The van der Waals surface area contributed by atoms with Crippen molar-refractivity contribution in [2.24, 2.45) is 0 Å². The Bertz CT molecular complexity index is 892. The van der Waals surface area contributed by atoms with Gasteiger partial charge in [0.1, 0.15) is 0 Å². The van der Waals surface area contributed by atoms with E-state index in [2.05, 4.69) is 5.32 Å². The van der Waals surface area contributed by atoms with E-state index in [1.165, 1.54) is 0 Å². The van der Waals surface area contributed by atoms with Crippen LogP contribution in [0.15, 0.2) is 42.5 Å². The SMILES string of the molecule is CS(=O)(=O)Cc1cccc(C(=O)Nc2ccc3c(c2)OCCCO3)c1. The Morgan fingerprint density at radius 1 is 1.08 bits per heavy atom. The van der Waals surface area contributed by atoms with Gasteiger partial charge in [0, 0.05) is 30.0 Å². The zero-order valence-electron chi connectivity index (χ0n) is 13.8. The van der Waals surface area contributed by atoms with Crippen molar-refractivity contribution in [3.8, 4) is 11.5 Å². The number of benzene rings is 2. The number of sulfone groups is 1. The lowest BCUT2D eigenvalue weighted by atomic mass is 10.1. The average Bonchev–Trinajstić information content (AvgIpc) is 2.78. The molecule has 0 aliphatic carbocycles. The van der Waals surface area contributed by atoms with E-state index in [0.29, 0.717) is 41.5 Å². The molecule has 1 N–H and O–H groups in total. The third kappa shape index (κ3) is 4.73. The van der Waals surface area contributed by atoms with Gasteiger partial charge in [0.05, 0.1) is 19.0 Å². The van der Waals surface area contributed by atoms with Gasteiger partial charge in [0.2, 0.25) is 0 Å². The van der Waals surface area contributed by atoms with E-state index in [0.717, 1.165) is 12.7 Å². The fourth-order valence-electron chi connectivity index (χ4n) is 2.55. The molecule has 0 spiro atoms. The lowest BCUT2D eigenvalue weighted by Gasteiger charge is -2.11. The zero-order valence-corrected chi connectivity index (χ0v) is 14.6. The monoisotopic (exact) mass is 361 g/mol. The van der Waals surface area contributed by atoms with Crippen molar-refractivity contribution < 1.29 is 22.7 Å². The van der Waals surface area contributed by atoms with Gasteiger partial charge in [-0.1, -0.05) is 12.1 Å². The highest BCUT2D eigenvalue weighted by Crippen LogP contribution is 2.32. The van der Waals surface area contributed by atoms with Gasteiger partial charge in [-0.2, -0.15) is 0 Å². The van der Waals surface area contributed by atoms with Crippen LogP contribution in [0.4, 0.5) is 5.69 Å². The summed E-state index contributed by atoms with van der Waals surface area (Å²) in [7, 11) is -3.15. The zero-order chi connectivity index (χ0) is 17.9. The van der Waals surface area contributed by atoms with E-state index in [4.69, 9.17) is 9.47 Å². The predicted octanol–water partition coefficient (Wildman–Crippen LogP) is 2.64. The molecular weight excluding hydrogens is 342 g/mol. The second kappa shape index (κ2) is 7.14. The second-order valence-corrected chi connectivity index (χ2v) is 8.08. The number of nitrogens with one attached hydrogen (secondary N) is 1. The number of amides is 1. The first kappa shape index (κ1) is 17.3. The number of rotatable bonds is 4. The molecule has 2 aromatic rings. The van der Waals surface area contributed by atoms with E-state index >= 15 is 0 Å². The van der Waals surface area contributed by atoms with Gasteiger partial charge in [-0.3, -0.25) is 4.79 Å². The largest absolute Gasteiger partial charge is 0.490 e. The smallest absolute Gasteiger partial charge is 0.255 e. The van der Waals surface area contributed by atoms with Gasteiger partial charge in [-0.15, -0.1) is 0 Å². The van der Waals surface area contributed by atoms with Gasteiger partial charge >= 0.3 is 0 Å². The molecule has 2 aromatic carbocycles. The first-order valence-corrected chi connectivity index (χ1v) is 9.94. The summed E-state index contributed by atoms with van der Waals surface area (Å²) >= 11 is 0. The normalized spacial score (nSPS) is 13.8. The van der Waals surface area contributed by atoms with Gasteiger partial charge in [0.25, 0.3) is 5.91 Å². The van der Waals surface area contributed by atoms with Crippen molar-refractivity contribution in [2.45, 2.75) is 12.2 Å². The van der Waals surface area contributed by atoms with Crippen LogP contribution < -0.4 is 14.8 Å². The molecule has 0 saturated heterocycles. The molecule has 1 aliphatic rings. The Balaban J connectivity index is 1.76. The van der Waals surface area contributed by atoms with E-state index in [9.17, 15) is 13.2 Å². The molecule has 0 unspecified atom stereocenters. The quantitative estimate of drug-likeness (QED) is 0.905. The first-order chi connectivity index (χ1) is 11.9. The summed E-state index contributed by atoms with van der Waals surface area (Å²) in [6, 6.07) is 11.8. The predicted molar refractivity (Wildman–Crippen MR) is 95.0 cm³/mol. The molecule has 0 atom stereocenters. The number of carbonyl (C=O) groups is 1. The summed E-state index contributed by atoms with van der Waals surface area (Å²) in [5.74, 6) is 0.842. The molecule has 0 radical (unpaired) electrons. The summed E-state index contributed by atoms with van der Waals surface area (Å²) in [4.78, 5) is 12.4. The van der Waals surface area contributed by atoms with Crippen LogP contribution in [0, 0.1) is 0 Å². The molecule has 6 nitrogen and oxygen atoms in total. The lowest BCUT2D eigenvalue weighted by Crippen LogP contribution is -2.12. The Labute approximate surface area is 146 Å². The maximum absolute atomic E-state index is 12.4. The number of ether oxygens (including phenoxy) is 2. The van der Waals surface area contributed by atoms with Crippen LogP contribution in [0.3, 0.4) is 0 Å². The summed E-state index contributed by atoms with van der Waals surface area (Å²) in [6.07, 6.45) is 1.97. The molecule has 3 rings (SSSR count). The molecule has 0 saturated carbocycles. The fourth-order valence-corrected chi connectivity index (χ4v) is 3.33. The minimum Gasteiger partial charge on any atom is -0.490 e. The van der Waals surface area contributed by atoms with Crippen LogP contribution in [0.25, 0.3) is 0 Å². The maximum atomic E-state index is 12.4. The molecule has 1 amide bonds. The summed E-state index contributed by atoms with van der Waals surface area (Å²) in [5, 5.41) is 2.79. The minimum absolute atomic E-state index is 0.0991. The number of anilines is 1. The number of carbonyl (C=O) groups excluding carboxylic acids is 1. The summed E-state index contributed by atoms with van der Waals surface area (Å²) < 4.78 is 34.0. The van der Waals surface area contributed by atoms with Gasteiger partial charge in [-0.25, -0.2) is 8.42 Å². The highest BCUT2D eigenvalue weighted by Gasteiger charge is 2.13. The van der Waals surface area contributed by atoms with E-state index in [1.807, 2.05) is 0 Å². The molecule has 1 aliphatic heterocycles. The third-order valence-corrected chi connectivity index (χ3v) is 4.48. The van der Waals surface area contributed by atoms with Gasteiger partial charge in [-0.05, 0) is 29.8 Å². The fraction of sp³-hybridized carbons (Fsp3) is 0.278. The lowest BCUT2D eigenvalue weighted by molar-refractivity contribution is 0.102. The molecule has 0 aromatic heterocycles. The van der Waals surface area contributed by atoms with Crippen LogP contribution in [0.1, 0.15) is 22.3 Å². The molecule has 0 fully saturated rings. The summed E-state index contributed by atoms with van der Waals surface area (Å²) in [6.45, 7) is 1.17. The van der Waals surface area contributed by atoms with Crippen molar-refractivity contribution in [3.05, 3.63) is 53.6 Å². The minimum atomic E-state index is -3.15. The molecule has 132 valence electrons. The Morgan fingerprint density at radius 2 is 1.84 bits per heavy atom. The Kier molecular flexibility index (Phi) is 4.94. The van der Waals surface area contributed by atoms with E-state index in [1.54, 1.807) is 42.5 Å². The number of hydrogen-bond acceptors (Lipinski definition) is 5. The third-order valence-electron chi connectivity index (χ3n) is 3.62. The van der Waals surface area contributed by atoms with Crippen LogP contribution in [-0.4, -0.2) is 33.8 Å². The molecule has 25 heavy (non-hydrogen) atoms. The first-order valence-electron chi connectivity index (χ1n) is 7.88. The maximum Gasteiger partial charge on any atom is 0.255 e. The number of fused-ring (bicyclic) bond motifs is 1.